The summed E-state index contributed by atoms with van der Waals surface area (Å²) in [5.41, 5.74) is 0.667. The fourth-order valence-electron chi connectivity index (χ4n) is 1.41. The Balaban J connectivity index is 2.54. The Bertz CT molecular complexity index is 301. The van der Waals surface area contributed by atoms with Crippen molar-refractivity contribution in [3.8, 4) is 0 Å². The van der Waals surface area contributed by atoms with E-state index in [9.17, 15) is 4.39 Å². The van der Waals surface area contributed by atoms with Crippen LogP contribution < -0.4 is 10.2 Å². The lowest BCUT2D eigenvalue weighted by Crippen LogP contribution is -2.28. The van der Waals surface area contributed by atoms with Crippen LogP contribution in [0.4, 0.5) is 10.1 Å². The number of nitrogens with one attached hydrogen (secondary N) is 1. The third kappa shape index (κ3) is 3.51. The molecule has 1 atom stereocenters. The highest BCUT2D eigenvalue weighted by Crippen LogP contribution is 2.17. The molecule has 1 aromatic carbocycles. The van der Waals surface area contributed by atoms with E-state index in [1.807, 2.05) is 25.1 Å². The first-order valence-corrected chi connectivity index (χ1v) is 5.28. The molecule has 0 fully saturated rings. The molecular formula is C12H19FN2. The smallest absolute Gasteiger partial charge is 0.146 e. The van der Waals surface area contributed by atoms with Gasteiger partial charge in [0.2, 0.25) is 0 Å². The van der Waals surface area contributed by atoms with E-state index < -0.39 is 0 Å². The summed E-state index contributed by atoms with van der Waals surface area (Å²) >= 11 is 0. The molecule has 1 unspecified atom stereocenters. The van der Waals surface area contributed by atoms with Gasteiger partial charge in [0.05, 0.1) is 5.69 Å². The van der Waals surface area contributed by atoms with Gasteiger partial charge in [-0.3, -0.25) is 0 Å². The van der Waals surface area contributed by atoms with Crippen LogP contribution in [0.3, 0.4) is 0 Å². The van der Waals surface area contributed by atoms with E-state index in [4.69, 9.17) is 0 Å². The van der Waals surface area contributed by atoms with E-state index >= 15 is 0 Å². The Morgan fingerprint density at radius 3 is 2.67 bits per heavy atom. The van der Waals surface area contributed by atoms with E-state index in [0.717, 1.165) is 13.0 Å². The summed E-state index contributed by atoms with van der Waals surface area (Å²) in [6.45, 7) is 2.97. The molecule has 0 bridgehead atoms. The van der Waals surface area contributed by atoms with Gasteiger partial charge in [0, 0.05) is 19.6 Å². The zero-order valence-electron chi connectivity index (χ0n) is 9.63. The second kappa shape index (κ2) is 5.71. The molecule has 0 heterocycles. The number of anilines is 1. The van der Waals surface area contributed by atoms with E-state index in [1.54, 1.807) is 12.1 Å². The van der Waals surface area contributed by atoms with Crippen molar-refractivity contribution in [1.29, 1.82) is 0 Å². The molecule has 15 heavy (non-hydrogen) atoms. The van der Waals surface area contributed by atoms with E-state index in [0.29, 0.717) is 11.7 Å². The number of halogens is 1. The summed E-state index contributed by atoms with van der Waals surface area (Å²) in [5.74, 6) is -0.155. The minimum absolute atomic E-state index is 0.155. The minimum atomic E-state index is -0.155. The predicted molar refractivity (Wildman–Crippen MR) is 62.8 cm³/mol. The SMILES string of the molecule is CNC(C)CCN(C)c1ccccc1F. The molecule has 1 aromatic rings. The lowest BCUT2D eigenvalue weighted by atomic mass is 10.2. The first kappa shape index (κ1) is 12.0. The fraction of sp³-hybridized carbons (Fsp3) is 0.500. The molecule has 0 aromatic heterocycles. The number of hydrogen-bond acceptors (Lipinski definition) is 2. The van der Waals surface area contributed by atoms with E-state index in [-0.39, 0.29) is 5.82 Å². The van der Waals surface area contributed by atoms with Crippen molar-refractivity contribution in [2.75, 3.05) is 25.5 Å². The van der Waals surface area contributed by atoms with Crippen LogP contribution in [0.2, 0.25) is 0 Å². The molecule has 0 saturated heterocycles. The van der Waals surface area contributed by atoms with Crippen LogP contribution in [0.5, 0.6) is 0 Å². The molecule has 0 aliphatic rings. The second-order valence-corrected chi connectivity index (χ2v) is 3.85. The number of nitrogens with zero attached hydrogens (tertiary/aromatic N) is 1. The monoisotopic (exact) mass is 210 g/mol. The number of hydrogen-bond donors (Lipinski definition) is 1. The molecule has 2 nitrogen and oxygen atoms in total. The molecule has 0 aliphatic heterocycles. The van der Waals surface area contributed by atoms with Crippen LogP contribution in [0.25, 0.3) is 0 Å². The average Bonchev–Trinajstić information content (AvgIpc) is 2.26. The van der Waals surface area contributed by atoms with E-state index in [2.05, 4.69) is 12.2 Å². The first-order valence-electron chi connectivity index (χ1n) is 5.28. The summed E-state index contributed by atoms with van der Waals surface area (Å²) < 4.78 is 13.4. The van der Waals surface area contributed by atoms with Crippen molar-refractivity contribution < 1.29 is 4.39 Å². The quantitative estimate of drug-likeness (QED) is 0.802. The van der Waals surface area contributed by atoms with Crippen molar-refractivity contribution in [3.05, 3.63) is 30.1 Å². The molecule has 0 aliphatic carbocycles. The second-order valence-electron chi connectivity index (χ2n) is 3.85. The van der Waals surface area contributed by atoms with Crippen molar-refractivity contribution in [1.82, 2.24) is 5.32 Å². The number of para-hydroxylation sites is 1. The number of rotatable bonds is 5. The van der Waals surface area contributed by atoms with Gasteiger partial charge in [-0.05, 0) is 32.5 Å². The zero-order valence-corrected chi connectivity index (χ0v) is 9.63. The molecule has 0 spiro atoms. The van der Waals surface area contributed by atoms with Gasteiger partial charge < -0.3 is 10.2 Å². The lowest BCUT2D eigenvalue weighted by molar-refractivity contribution is 0.559. The Hall–Kier alpha value is -1.09. The molecule has 84 valence electrons. The molecular weight excluding hydrogens is 191 g/mol. The van der Waals surface area contributed by atoms with Crippen LogP contribution in [0.15, 0.2) is 24.3 Å². The van der Waals surface area contributed by atoms with Crippen LogP contribution >= 0.6 is 0 Å². The Labute approximate surface area is 91.1 Å². The molecule has 0 amide bonds. The molecule has 1 rings (SSSR count). The third-order valence-corrected chi connectivity index (χ3v) is 2.65. The topological polar surface area (TPSA) is 15.3 Å². The van der Waals surface area contributed by atoms with Crippen LogP contribution in [-0.4, -0.2) is 26.7 Å². The number of benzene rings is 1. The van der Waals surface area contributed by atoms with Crippen LogP contribution in [-0.2, 0) is 0 Å². The highest BCUT2D eigenvalue weighted by molar-refractivity contribution is 5.46. The summed E-state index contributed by atoms with van der Waals surface area (Å²) in [5, 5.41) is 3.17. The third-order valence-electron chi connectivity index (χ3n) is 2.65. The van der Waals surface area contributed by atoms with Crippen LogP contribution in [0.1, 0.15) is 13.3 Å². The summed E-state index contributed by atoms with van der Waals surface area (Å²) in [4.78, 5) is 1.95. The van der Waals surface area contributed by atoms with Crippen LogP contribution in [0, 0.1) is 5.82 Å². The Morgan fingerprint density at radius 2 is 2.07 bits per heavy atom. The van der Waals surface area contributed by atoms with Gasteiger partial charge in [-0.2, -0.15) is 0 Å². The Morgan fingerprint density at radius 1 is 1.40 bits per heavy atom. The first-order chi connectivity index (χ1) is 7.15. The molecule has 0 radical (unpaired) electrons. The largest absolute Gasteiger partial charge is 0.372 e. The molecule has 3 heteroatoms. The van der Waals surface area contributed by atoms with Gasteiger partial charge in [0.25, 0.3) is 0 Å². The molecule has 1 N–H and O–H groups in total. The summed E-state index contributed by atoms with van der Waals surface area (Å²) in [6.07, 6.45) is 1.00. The van der Waals surface area contributed by atoms with Gasteiger partial charge in [-0.25, -0.2) is 4.39 Å². The van der Waals surface area contributed by atoms with Crippen molar-refractivity contribution in [3.63, 3.8) is 0 Å². The van der Waals surface area contributed by atoms with Gasteiger partial charge in [0.15, 0.2) is 0 Å². The van der Waals surface area contributed by atoms with Gasteiger partial charge in [-0.15, -0.1) is 0 Å². The van der Waals surface area contributed by atoms with E-state index in [1.165, 1.54) is 6.07 Å². The maximum absolute atomic E-state index is 13.4. The Kier molecular flexibility index (Phi) is 4.56. The van der Waals surface area contributed by atoms with Crippen molar-refractivity contribution in [2.24, 2.45) is 0 Å². The highest BCUT2D eigenvalue weighted by atomic mass is 19.1. The normalized spacial score (nSPS) is 12.5. The average molecular weight is 210 g/mol. The molecule has 0 saturated carbocycles. The summed E-state index contributed by atoms with van der Waals surface area (Å²) in [7, 11) is 3.86. The van der Waals surface area contributed by atoms with Gasteiger partial charge in [0.1, 0.15) is 5.82 Å². The van der Waals surface area contributed by atoms with Crippen molar-refractivity contribution >= 4 is 5.69 Å². The maximum Gasteiger partial charge on any atom is 0.146 e. The summed E-state index contributed by atoms with van der Waals surface area (Å²) in [6, 6.07) is 7.32. The minimum Gasteiger partial charge on any atom is -0.372 e. The van der Waals surface area contributed by atoms with Crippen molar-refractivity contribution in [2.45, 2.75) is 19.4 Å². The maximum atomic E-state index is 13.4. The fourth-order valence-corrected chi connectivity index (χ4v) is 1.41. The van der Waals surface area contributed by atoms with Gasteiger partial charge >= 0.3 is 0 Å². The van der Waals surface area contributed by atoms with Gasteiger partial charge in [-0.1, -0.05) is 12.1 Å². The predicted octanol–water partition coefficient (Wildman–Crippen LogP) is 2.26. The lowest BCUT2D eigenvalue weighted by Gasteiger charge is -2.21. The standard InChI is InChI=1S/C12H19FN2/c1-10(14-2)8-9-15(3)12-7-5-4-6-11(12)13/h4-7,10,14H,8-9H2,1-3H3. The highest BCUT2D eigenvalue weighted by Gasteiger charge is 2.07. The zero-order chi connectivity index (χ0) is 11.3.